The highest BCUT2D eigenvalue weighted by molar-refractivity contribution is 7.10. The molecule has 4 rings (SSSR count). The molecule has 3 nitrogen and oxygen atoms in total. The van der Waals surface area contributed by atoms with E-state index in [2.05, 4.69) is 77.2 Å². The highest BCUT2D eigenvalue weighted by atomic mass is 32.1. The van der Waals surface area contributed by atoms with E-state index in [0.717, 1.165) is 22.3 Å². The van der Waals surface area contributed by atoms with Gasteiger partial charge in [0.05, 0.1) is 11.2 Å². The van der Waals surface area contributed by atoms with E-state index in [9.17, 15) is 0 Å². The molecule has 0 saturated carbocycles. The Morgan fingerprint density at radius 1 is 1.00 bits per heavy atom. The number of fused-ring (bicyclic) bond motifs is 1. The highest BCUT2D eigenvalue weighted by Crippen LogP contribution is 2.21. The summed E-state index contributed by atoms with van der Waals surface area (Å²) in [6, 6.07) is 20.6. The lowest BCUT2D eigenvalue weighted by Crippen LogP contribution is -1.97. The Labute approximate surface area is 150 Å². The monoisotopic (exact) mass is 343 g/mol. The van der Waals surface area contributed by atoms with Crippen molar-refractivity contribution in [3.8, 4) is 0 Å². The Hall–Kier alpha value is -2.98. The van der Waals surface area contributed by atoms with E-state index in [1.54, 1.807) is 11.3 Å². The van der Waals surface area contributed by atoms with Crippen molar-refractivity contribution in [3.63, 3.8) is 0 Å². The molecule has 0 spiro atoms. The molecule has 4 heteroatoms. The molecule has 0 fully saturated rings. The third-order valence-corrected chi connectivity index (χ3v) is 4.77. The highest BCUT2D eigenvalue weighted by Gasteiger charge is 2.07. The summed E-state index contributed by atoms with van der Waals surface area (Å²) in [6.07, 6.45) is 6.33. The third kappa shape index (κ3) is 3.44. The summed E-state index contributed by atoms with van der Waals surface area (Å²) in [5.41, 5.74) is 5.29. The maximum atomic E-state index is 4.35. The smallest absolute Gasteiger partial charge is 0.113 e. The molecule has 0 amide bonds. The summed E-state index contributed by atoms with van der Waals surface area (Å²) in [7, 11) is 0. The van der Waals surface area contributed by atoms with Gasteiger partial charge in [-0.15, -0.1) is 16.4 Å². The molecule has 0 unspecified atom stereocenters. The number of para-hydroxylation sites is 1. The molecule has 0 bridgehead atoms. The van der Waals surface area contributed by atoms with Gasteiger partial charge in [0.1, 0.15) is 5.52 Å². The Bertz CT molecular complexity index is 1040. The van der Waals surface area contributed by atoms with Crippen molar-refractivity contribution >= 4 is 40.2 Å². The van der Waals surface area contributed by atoms with E-state index in [1.807, 2.05) is 28.9 Å². The summed E-state index contributed by atoms with van der Waals surface area (Å²) >= 11 is 1.71. The van der Waals surface area contributed by atoms with Crippen LogP contribution in [0.15, 0.2) is 72.1 Å². The fourth-order valence-corrected chi connectivity index (χ4v) is 3.28. The van der Waals surface area contributed by atoms with E-state index in [-0.39, 0.29) is 0 Å². The van der Waals surface area contributed by atoms with E-state index in [0.29, 0.717) is 0 Å². The van der Waals surface area contributed by atoms with Gasteiger partial charge in [0.15, 0.2) is 0 Å². The number of hydrogen-bond acceptors (Lipinski definition) is 3. The van der Waals surface area contributed by atoms with Crippen LogP contribution in [0.3, 0.4) is 0 Å². The number of aromatic nitrogens is 3. The van der Waals surface area contributed by atoms with Gasteiger partial charge < -0.3 is 0 Å². The first-order valence-corrected chi connectivity index (χ1v) is 8.98. The zero-order chi connectivity index (χ0) is 17.1. The van der Waals surface area contributed by atoms with E-state index in [1.165, 1.54) is 10.4 Å². The average molecular weight is 343 g/mol. The minimum atomic E-state index is 0.892. The first-order valence-electron chi connectivity index (χ1n) is 8.10. The van der Waals surface area contributed by atoms with Crippen molar-refractivity contribution < 1.29 is 0 Å². The molecule has 0 N–H and O–H groups in total. The molecule has 0 radical (unpaired) electrons. The van der Waals surface area contributed by atoms with Crippen LogP contribution in [0, 0.1) is 6.92 Å². The molecule has 122 valence electrons. The van der Waals surface area contributed by atoms with Gasteiger partial charge in [-0.2, -0.15) is 0 Å². The molecule has 25 heavy (non-hydrogen) atoms. The van der Waals surface area contributed by atoms with Gasteiger partial charge in [0, 0.05) is 4.88 Å². The van der Waals surface area contributed by atoms with E-state index >= 15 is 0 Å². The van der Waals surface area contributed by atoms with Crippen molar-refractivity contribution in [1.29, 1.82) is 0 Å². The fourth-order valence-electron chi connectivity index (χ4n) is 2.62. The van der Waals surface area contributed by atoms with Gasteiger partial charge in [0.25, 0.3) is 0 Å². The number of thiophene rings is 1. The number of benzene rings is 2. The summed E-state index contributed by atoms with van der Waals surface area (Å²) < 4.78 is 1.89. The van der Waals surface area contributed by atoms with Crippen LogP contribution in [0.1, 0.15) is 16.0 Å². The Kier molecular flexibility index (Phi) is 4.27. The first kappa shape index (κ1) is 15.5. The largest absolute Gasteiger partial charge is 0.213 e. The lowest BCUT2D eigenvalue weighted by molar-refractivity contribution is 0.847. The van der Waals surface area contributed by atoms with Gasteiger partial charge in [0.2, 0.25) is 0 Å². The standard InChI is InChI=1S/C21H17N3S/c1-16-8-10-17(11-9-16)12-13-18(15-19-5-4-14-25-19)24-21-7-3-2-6-20(21)22-23-24/h2-15H,1H3/b13-12+,18-15+. The molecule has 0 atom stereocenters. The predicted molar refractivity (Wildman–Crippen MR) is 106 cm³/mol. The summed E-state index contributed by atoms with van der Waals surface area (Å²) in [4.78, 5) is 1.18. The molecule has 4 aromatic rings. The van der Waals surface area contributed by atoms with Crippen LogP contribution in [0.4, 0.5) is 0 Å². The molecule has 0 saturated heterocycles. The second kappa shape index (κ2) is 6.87. The Balaban J connectivity index is 1.78. The zero-order valence-electron chi connectivity index (χ0n) is 13.8. The van der Waals surface area contributed by atoms with Crippen LogP contribution in [0.25, 0.3) is 28.9 Å². The lowest BCUT2D eigenvalue weighted by Gasteiger charge is -2.04. The van der Waals surface area contributed by atoms with Crippen LogP contribution < -0.4 is 0 Å². The molecule has 0 aliphatic heterocycles. The minimum absolute atomic E-state index is 0.892. The fraction of sp³-hybridized carbons (Fsp3) is 0.0476. The molecule has 2 aromatic carbocycles. The topological polar surface area (TPSA) is 30.7 Å². The second-order valence-electron chi connectivity index (χ2n) is 5.82. The van der Waals surface area contributed by atoms with Crippen molar-refractivity contribution in [3.05, 3.63) is 88.1 Å². The quantitative estimate of drug-likeness (QED) is 0.457. The average Bonchev–Trinajstić information content (AvgIpc) is 3.29. The van der Waals surface area contributed by atoms with Crippen molar-refractivity contribution in [2.24, 2.45) is 0 Å². The summed E-state index contributed by atoms with van der Waals surface area (Å²) in [5.74, 6) is 0. The number of aryl methyl sites for hydroxylation is 1. The first-order chi connectivity index (χ1) is 12.3. The summed E-state index contributed by atoms with van der Waals surface area (Å²) in [6.45, 7) is 2.09. The molecular weight excluding hydrogens is 326 g/mol. The molecule has 2 aromatic heterocycles. The van der Waals surface area contributed by atoms with Crippen LogP contribution in [0.5, 0.6) is 0 Å². The van der Waals surface area contributed by atoms with Gasteiger partial charge in [-0.3, -0.25) is 0 Å². The molecule has 2 heterocycles. The third-order valence-electron chi connectivity index (χ3n) is 3.95. The molecule has 0 aliphatic carbocycles. The number of rotatable bonds is 4. The molecule has 0 aliphatic rings. The van der Waals surface area contributed by atoms with Crippen molar-refractivity contribution in [1.82, 2.24) is 15.0 Å². The van der Waals surface area contributed by atoms with Crippen LogP contribution in [0.2, 0.25) is 0 Å². The minimum Gasteiger partial charge on any atom is -0.213 e. The number of nitrogens with zero attached hydrogens (tertiary/aromatic N) is 3. The second-order valence-corrected chi connectivity index (χ2v) is 6.80. The lowest BCUT2D eigenvalue weighted by atomic mass is 10.1. The van der Waals surface area contributed by atoms with E-state index in [4.69, 9.17) is 0 Å². The van der Waals surface area contributed by atoms with Crippen LogP contribution in [-0.4, -0.2) is 15.0 Å². The SMILES string of the molecule is Cc1ccc(/C=C/C(=C\c2cccs2)n2nnc3ccccc32)cc1. The zero-order valence-corrected chi connectivity index (χ0v) is 14.6. The van der Waals surface area contributed by atoms with Crippen molar-refractivity contribution in [2.45, 2.75) is 6.92 Å². The predicted octanol–water partition coefficient (Wildman–Crippen LogP) is 5.51. The van der Waals surface area contributed by atoms with Gasteiger partial charge in [-0.05, 0) is 48.2 Å². The Morgan fingerprint density at radius 2 is 1.84 bits per heavy atom. The van der Waals surface area contributed by atoms with E-state index < -0.39 is 0 Å². The number of hydrogen-bond donors (Lipinski definition) is 0. The maximum Gasteiger partial charge on any atom is 0.113 e. The maximum absolute atomic E-state index is 4.35. The Morgan fingerprint density at radius 3 is 2.64 bits per heavy atom. The van der Waals surface area contributed by atoms with Crippen LogP contribution >= 0.6 is 11.3 Å². The van der Waals surface area contributed by atoms with Crippen LogP contribution in [-0.2, 0) is 0 Å². The van der Waals surface area contributed by atoms with Crippen molar-refractivity contribution in [2.75, 3.05) is 0 Å². The van der Waals surface area contributed by atoms with Gasteiger partial charge in [-0.1, -0.05) is 59.3 Å². The van der Waals surface area contributed by atoms with Gasteiger partial charge in [-0.25, -0.2) is 4.68 Å². The number of allylic oxidation sites excluding steroid dienone is 2. The van der Waals surface area contributed by atoms with Gasteiger partial charge >= 0.3 is 0 Å². The normalized spacial score (nSPS) is 12.3. The molecular formula is C21H17N3S. The summed E-state index contributed by atoms with van der Waals surface area (Å²) in [5, 5.41) is 10.7.